The molecule has 0 bridgehead atoms. The summed E-state index contributed by atoms with van der Waals surface area (Å²) in [5.41, 5.74) is 3.58. The predicted molar refractivity (Wildman–Crippen MR) is 140 cm³/mol. The maximum absolute atomic E-state index is 13.5. The standard InChI is InChI=1S/C27H23N5O3S/c1-35-23-13-7-3-9-19(23)16-31-25(34)20-10-4-6-12-22(20)32-26(31)28-29-27(32)36-17-24(33)30-15-14-18-8-2-5-11-21(18)30/h2-13H,14-17H2,1H3. The van der Waals surface area contributed by atoms with E-state index in [4.69, 9.17) is 4.74 Å². The summed E-state index contributed by atoms with van der Waals surface area (Å²) in [4.78, 5) is 28.4. The molecule has 0 N–H and O–H groups in total. The Morgan fingerprint density at radius 1 is 1.00 bits per heavy atom. The number of nitrogens with zero attached hydrogens (tertiary/aromatic N) is 5. The third-order valence-corrected chi connectivity index (χ3v) is 7.43. The second-order valence-electron chi connectivity index (χ2n) is 8.55. The van der Waals surface area contributed by atoms with E-state index in [1.54, 1.807) is 17.7 Å². The molecule has 3 aromatic carbocycles. The molecule has 2 aromatic heterocycles. The first kappa shape index (κ1) is 22.4. The number of thioether (sulfide) groups is 1. The Bertz CT molecular complexity index is 1680. The molecule has 0 aliphatic carbocycles. The lowest BCUT2D eigenvalue weighted by Gasteiger charge is -2.17. The van der Waals surface area contributed by atoms with E-state index in [9.17, 15) is 9.59 Å². The van der Waals surface area contributed by atoms with Crippen LogP contribution >= 0.6 is 11.8 Å². The average Bonchev–Trinajstić information content (AvgIpc) is 3.55. The van der Waals surface area contributed by atoms with Crippen molar-refractivity contribution in [3.05, 3.63) is 94.3 Å². The summed E-state index contributed by atoms with van der Waals surface area (Å²) in [5.74, 6) is 1.36. The van der Waals surface area contributed by atoms with Crippen LogP contribution in [0, 0.1) is 0 Å². The third-order valence-electron chi connectivity index (χ3n) is 6.51. The molecule has 8 nitrogen and oxygen atoms in total. The van der Waals surface area contributed by atoms with Crippen LogP contribution in [0.2, 0.25) is 0 Å². The number of carbonyl (C=O) groups excluding carboxylic acids is 1. The summed E-state index contributed by atoms with van der Waals surface area (Å²) >= 11 is 1.33. The van der Waals surface area contributed by atoms with Gasteiger partial charge in [-0.05, 0) is 36.2 Å². The quantitative estimate of drug-likeness (QED) is 0.332. The largest absolute Gasteiger partial charge is 0.496 e. The number of ether oxygens (including phenoxy) is 1. The van der Waals surface area contributed by atoms with Gasteiger partial charge in [0.25, 0.3) is 5.56 Å². The molecule has 0 atom stereocenters. The van der Waals surface area contributed by atoms with Crippen molar-refractivity contribution in [3.8, 4) is 5.75 Å². The van der Waals surface area contributed by atoms with Crippen LogP contribution < -0.4 is 15.2 Å². The number of carbonyl (C=O) groups is 1. The zero-order valence-corrected chi connectivity index (χ0v) is 20.4. The molecule has 5 aromatic rings. The van der Waals surface area contributed by atoms with Crippen molar-refractivity contribution in [2.45, 2.75) is 18.1 Å². The average molecular weight is 498 g/mol. The highest BCUT2D eigenvalue weighted by Gasteiger charge is 2.25. The molecule has 0 spiro atoms. The summed E-state index contributed by atoms with van der Waals surface area (Å²) in [6.07, 6.45) is 0.861. The van der Waals surface area contributed by atoms with Gasteiger partial charge in [0.15, 0.2) is 5.16 Å². The van der Waals surface area contributed by atoms with Gasteiger partial charge in [0.1, 0.15) is 5.75 Å². The van der Waals surface area contributed by atoms with Crippen LogP contribution in [0.3, 0.4) is 0 Å². The number of aromatic nitrogens is 4. The van der Waals surface area contributed by atoms with E-state index < -0.39 is 0 Å². The number of methoxy groups -OCH3 is 1. The Morgan fingerprint density at radius 2 is 1.78 bits per heavy atom. The Kier molecular flexibility index (Phi) is 5.69. The van der Waals surface area contributed by atoms with Gasteiger partial charge in [0, 0.05) is 17.8 Å². The topological polar surface area (TPSA) is 81.7 Å². The first-order valence-electron chi connectivity index (χ1n) is 11.7. The fourth-order valence-electron chi connectivity index (χ4n) is 4.78. The minimum Gasteiger partial charge on any atom is -0.496 e. The van der Waals surface area contributed by atoms with E-state index >= 15 is 0 Å². The van der Waals surface area contributed by atoms with Crippen molar-refractivity contribution in [2.75, 3.05) is 24.3 Å². The molecule has 180 valence electrons. The molecule has 0 fully saturated rings. The first-order valence-corrected chi connectivity index (χ1v) is 12.6. The van der Waals surface area contributed by atoms with E-state index in [-0.39, 0.29) is 23.8 Å². The van der Waals surface area contributed by atoms with E-state index in [1.165, 1.54) is 17.3 Å². The molecule has 0 unspecified atom stereocenters. The Labute approximate surface area is 211 Å². The van der Waals surface area contributed by atoms with Crippen LogP contribution in [-0.2, 0) is 17.8 Å². The van der Waals surface area contributed by atoms with Crippen molar-refractivity contribution in [1.29, 1.82) is 0 Å². The zero-order valence-electron chi connectivity index (χ0n) is 19.6. The van der Waals surface area contributed by atoms with Crippen molar-refractivity contribution < 1.29 is 9.53 Å². The van der Waals surface area contributed by atoms with Gasteiger partial charge in [-0.25, -0.2) is 0 Å². The molecule has 36 heavy (non-hydrogen) atoms. The summed E-state index contributed by atoms with van der Waals surface area (Å²) in [6.45, 7) is 0.962. The number of rotatable bonds is 6. The number of fused-ring (bicyclic) bond motifs is 4. The Balaban J connectivity index is 1.38. The van der Waals surface area contributed by atoms with Gasteiger partial charge in [-0.15, -0.1) is 10.2 Å². The summed E-state index contributed by atoms with van der Waals surface area (Å²) in [5, 5.41) is 9.89. The third kappa shape index (κ3) is 3.72. The maximum Gasteiger partial charge on any atom is 0.263 e. The van der Waals surface area contributed by atoms with Crippen LogP contribution in [0.1, 0.15) is 11.1 Å². The molecule has 1 amide bonds. The van der Waals surface area contributed by atoms with Gasteiger partial charge in [0.05, 0.1) is 30.3 Å². The van der Waals surface area contributed by atoms with Crippen LogP contribution in [-0.4, -0.2) is 44.5 Å². The lowest BCUT2D eigenvalue weighted by atomic mass is 10.2. The summed E-state index contributed by atoms with van der Waals surface area (Å²) in [6, 6.07) is 23.0. The van der Waals surface area contributed by atoms with Crippen molar-refractivity contribution in [3.63, 3.8) is 0 Å². The van der Waals surface area contributed by atoms with E-state index in [1.807, 2.05) is 70.0 Å². The number of benzene rings is 3. The second-order valence-corrected chi connectivity index (χ2v) is 9.49. The molecule has 0 saturated carbocycles. The first-order chi connectivity index (χ1) is 17.7. The molecule has 6 rings (SSSR count). The molecular weight excluding hydrogens is 474 g/mol. The SMILES string of the molecule is COc1ccccc1Cn1c(=O)c2ccccc2n2c(SCC(=O)N3CCc4ccccc43)nnc12. The maximum atomic E-state index is 13.5. The van der Waals surface area contributed by atoms with Crippen LogP contribution in [0.4, 0.5) is 5.69 Å². The van der Waals surface area contributed by atoms with Crippen LogP contribution in [0.5, 0.6) is 5.75 Å². The minimum absolute atomic E-state index is 0.0216. The highest BCUT2D eigenvalue weighted by Crippen LogP contribution is 2.29. The Hall–Kier alpha value is -4.11. The highest BCUT2D eigenvalue weighted by molar-refractivity contribution is 7.99. The number of hydrogen-bond acceptors (Lipinski definition) is 6. The van der Waals surface area contributed by atoms with Gasteiger partial charge in [-0.1, -0.05) is 60.3 Å². The lowest BCUT2D eigenvalue weighted by Crippen LogP contribution is -2.30. The monoisotopic (exact) mass is 497 g/mol. The van der Waals surface area contributed by atoms with Gasteiger partial charge in [-0.2, -0.15) is 0 Å². The molecule has 9 heteroatoms. The Morgan fingerprint density at radius 3 is 2.67 bits per heavy atom. The van der Waals surface area contributed by atoms with Crippen molar-refractivity contribution in [2.24, 2.45) is 0 Å². The molecule has 0 radical (unpaired) electrons. The van der Waals surface area contributed by atoms with Gasteiger partial charge in [0.2, 0.25) is 11.7 Å². The van der Waals surface area contributed by atoms with Gasteiger partial charge in [-0.3, -0.25) is 18.6 Å². The molecular formula is C27H23N5O3S. The van der Waals surface area contributed by atoms with E-state index in [0.717, 1.165) is 17.7 Å². The molecule has 1 aliphatic heterocycles. The molecule has 3 heterocycles. The summed E-state index contributed by atoms with van der Waals surface area (Å²) < 4.78 is 8.97. The lowest BCUT2D eigenvalue weighted by molar-refractivity contribution is -0.116. The second kappa shape index (κ2) is 9.16. The highest BCUT2D eigenvalue weighted by atomic mass is 32.2. The van der Waals surface area contributed by atoms with Crippen LogP contribution in [0.25, 0.3) is 16.7 Å². The molecule has 0 saturated heterocycles. The van der Waals surface area contributed by atoms with E-state index in [2.05, 4.69) is 16.3 Å². The fourth-order valence-corrected chi connectivity index (χ4v) is 5.59. The van der Waals surface area contributed by atoms with Gasteiger partial charge < -0.3 is 9.64 Å². The number of amides is 1. The van der Waals surface area contributed by atoms with Gasteiger partial charge >= 0.3 is 0 Å². The number of hydrogen-bond donors (Lipinski definition) is 0. The number of para-hydroxylation sites is 3. The smallest absolute Gasteiger partial charge is 0.263 e. The normalized spacial score (nSPS) is 12.9. The zero-order chi connectivity index (χ0) is 24.6. The molecule has 1 aliphatic rings. The summed E-state index contributed by atoms with van der Waals surface area (Å²) in [7, 11) is 1.61. The fraction of sp³-hybridized carbons (Fsp3) is 0.185. The van der Waals surface area contributed by atoms with Crippen molar-refractivity contribution in [1.82, 2.24) is 19.2 Å². The van der Waals surface area contributed by atoms with E-state index in [0.29, 0.717) is 34.1 Å². The minimum atomic E-state index is -0.155. The van der Waals surface area contributed by atoms with Crippen LogP contribution in [0.15, 0.2) is 82.7 Å². The predicted octanol–water partition coefficient (Wildman–Crippen LogP) is 3.78. The van der Waals surface area contributed by atoms with Crippen molar-refractivity contribution >= 4 is 40.0 Å². The number of anilines is 1.